The largest absolute Gasteiger partial charge is 0.481 e. The maximum absolute atomic E-state index is 12.9. The molecule has 2 saturated carbocycles. The normalized spacial score (nSPS) is 25.2. The number of hydrogen-bond donors (Lipinski definition) is 2. The smallest absolute Gasteiger partial charge is 0.416 e. The molecule has 0 aromatic heterocycles. The molecule has 2 aliphatic rings. The first-order valence-electron chi connectivity index (χ1n) is 8.44. The van der Waals surface area contributed by atoms with Gasteiger partial charge in [-0.2, -0.15) is 13.2 Å². The topological polar surface area (TPSA) is 66.4 Å². The molecule has 7 heteroatoms. The average Bonchev–Trinajstić information content (AvgIpc) is 3.36. The molecule has 0 atom stereocenters. The summed E-state index contributed by atoms with van der Waals surface area (Å²) in [4.78, 5) is 23.6. The molecule has 0 spiro atoms. The predicted octanol–water partition coefficient (Wildman–Crippen LogP) is 3.50. The summed E-state index contributed by atoms with van der Waals surface area (Å²) in [5, 5.41) is 11.9. The van der Waals surface area contributed by atoms with E-state index in [2.05, 4.69) is 5.32 Å². The summed E-state index contributed by atoms with van der Waals surface area (Å²) in [6, 6.07) is 4.87. The van der Waals surface area contributed by atoms with Crippen LogP contribution >= 0.6 is 0 Å². The van der Waals surface area contributed by atoms with Gasteiger partial charge in [0.2, 0.25) is 5.91 Å². The lowest BCUT2D eigenvalue weighted by Crippen LogP contribution is -2.43. The first kappa shape index (κ1) is 17.8. The molecule has 2 fully saturated rings. The van der Waals surface area contributed by atoms with Crippen LogP contribution in [0.25, 0.3) is 0 Å². The van der Waals surface area contributed by atoms with Gasteiger partial charge < -0.3 is 10.4 Å². The van der Waals surface area contributed by atoms with Gasteiger partial charge in [-0.1, -0.05) is 18.2 Å². The van der Waals surface area contributed by atoms with Crippen molar-refractivity contribution < 1.29 is 27.9 Å². The van der Waals surface area contributed by atoms with E-state index < -0.39 is 23.1 Å². The van der Waals surface area contributed by atoms with Gasteiger partial charge in [0.05, 0.1) is 16.9 Å². The maximum Gasteiger partial charge on any atom is 0.416 e. The Balaban J connectivity index is 1.67. The van der Waals surface area contributed by atoms with E-state index in [0.29, 0.717) is 44.1 Å². The molecule has 0 saturated heterocycles. The summed E-state index contributed by atoms with van der Waals surface area (Å²) in [7, 11) is 0. The molecule has 1 aromatic carbocycles. The Morgan fingerprint density at radius 3 is 2.28 bits per heavy atom. The predicted molar refractivity (Wildman–Crippen MR) is 83.9 cm³/mol. The van der Waals surface area contributed by atoms with Crippen LogP contribution in [0.5, 0.6) is 0 Å². The molecule has 0 aliphatic heterocycles. The third-order valence-electron chi connectivity index (χ3n) is 5.34. The highest BCUT2D eigenvalue weighted by Crippen LogP contribution is 2.49. The summed E-state index contributed by atoms with van der Waals surface area (Å²) in [5.74, 6) is -1.43. The van der Waals surface area contributed by atoms with E-state index >= 15 is 0 Å². The molecular formula is C18H20F3NO3. The van der Waals surface area contributed by atoms with E-state index in [0.717, 1.165) is 12.1 Å². The molecule has 2 aliphatic carbocycles. The summed E-state index contributed by atoms with van der Waals surface area (Å²) in [5.41, 5.74) is -1.21. The van der Waals surface area contributed by atoms with Crippen molar-refractivity contribution in [3.63, 3.8) is 0 Å². The van der Waals surface area contributed by atoms with E-state index in [1.165, 1.54) is 6.07 Å². The Labute approximate surface area is 143 Å². The van der Waals surface area contributed by atoms with E-state index in [-0.39, 0.29) is 17.9 Å². The van der Waals surface area contributed by atoms with Crippen LogP contribution in [-0.4, -0.2) is 23.0 Å². The van der Waals surface area contributed by atoms with E-state index in [4.69, 9.17) is 5.11 Å². The molecule has 0 radical (unpaired) electrons. The van der Waals surface area contributed by atoms with Crippen molar-refractivity contribution >= 4 is 11.9 Å². The van der Waals surface area contributed by atoms with E-state index in [1.807, 2.05) is 0 Å². The van der Waals surface area contributed by atoms with Crippen molar-refractivity contribution in [2.45, 2.75) is 56.2 Å². The zero-order chi connectivity index (χ0) is 18.2. The number of aliphatic carboxylic acids is 1. The SMILES string of the molecule is O=C(O)C1CCC(NC(=O)C2(c3cccc(C(F)(F)F)c3)CC2)CC1. The van der Waals surface area contributed by atoms with Gasteiger partial charge in [0.1, 0.15) is 0 Å². The number of benzene rings is 1. The fourth-order valence-electron chi connectivity index (χ4n) is 3.57. The fourth-order valence-corrected chi connectivity index (χ4v) is 3.57. The molecule has 3 rings (SSSR count). The summed E-state index contributed by atoms with van der Waals surface area (Å²) in [6.07, 6.45) is -1.18. The Bertz CT molecular complexity index is 674. The second-order valence-electron chi connectivity index (χ2n) is 7.02. The molecule has 1 aromatic rings. The third-order valence-corrected chi connectivity index (χ3v) is 5.34. The molecule has 0 heterocycles. The van der Waals surface area contributed by atoms with Gasteiger partial charge in [-0.05, 0) is 50.2 Å². The quantitative estimate of drug-likeness (QED) is 0.869. The zero-order valence-electron chi connectivity index (χ0n) is 13.6. The molecule has 4 nitrogen and oxygen atoms in total. The lowest BCUT2D eigenvalue weighted by molar-refractivity contribution is -0.143. The first-order chi connectivity index (χ1) is 11.7. The summed E-state index contributed by atoms with van der Waals surface area (Å²) in [6.45, 7) is 0. The second kappa shape index (κ2) is 6.35. The van der Waals surface area contributed by atoms with Gasteiger partial charge in [0.15, 0.2) is 0 Å². The van der Waals surface area contributed by atoms with Gasteiger partial charge in [-0.15, -0.1) is 0 Å². The van der Waals surface area contributed by atoms with Crippen LogP contribution in [0.15, 0.2) is 24.3 Å². The zero-order valence-corrected chi connectivity index (χ0v) is 13.6. The van der Waals surface area contributed by atoms with Crippen molar-refractivity contribution in [3.8, 4) is 0 Å². The van der Waals surface area contributed by atoms with Crippen LogP contribution in [0.3, 0.4) is 0 Å². The Kier molecular flexibility index (Phi) is 4.51. The van der Waals surface area contributed by atoms with Crippen LogP contribution in [0.1, 0.15) is 49.7 Å². The molecule has 0 unspecified atom stereocenters. The highest BCUT2D eigenvalue weighted by atomic mass is 19.4. The number of hydrogen-bond acceptors (Lipinski definition) is 2. The van der Waals surface area contributed by atoms with Crippen LogP contribution in [0, 0.1) is 5.92 Å². The minimum absolute atomic E-state index is 0.105. The molecule has 0 bridgehead atoms. The number of rotatable bonds is 4. The molecule has 25 heavy (non-hydrogen) atoms. The summed E-state index contributed by atoms with van der Waals surface area (Å²) < 4.78 is 38.7. The lowest BCUT2D eigenvalue weighted by atomic mass is 9.85. The van der Waals surface area contributed by atoms with Crippen molar-refractivity contribution in [2.75, 3.05) is 0 Å². The minimum atomic E-state index is -4.43. The van der Waals surface area contributed by atoms with Crippen LogP contribution < -0.4 is 5.32 Å². The number of nitrogens with one attached hydrogen (secondary N) is 1. The molecule has 136 valence electrons. The Morgan fingerprint density at radius 2 is 1.76 bits per heavy atom. The summed E-state index contributed by atoms with van der Waals surface area (Å²) >= 11 is 0. The van der Waals surface area contributed by atoms with Crippen molar-refractivity contribution in [1.82, 2.24) is 5.32 Å². The average molecular weight is 355 g/mol. The minimum Gasteiger partial charge on any atom is -0.481 e. The number of carboxylic acids is 1. The number of carbonyl (C=O) groups excluding carboxylic acids is 1. The second-order valence-corrected chi connectivity index (χ2v) is 7.02. The fraction of sp³-hybridized carbons (Fsp3) is 0.556. The third kappa shape index (κ3) is 3.65. The highest BCUT2D eigenvalue weighted by molar-refractivity contribution is 5.91. The first-order valence-corrected chi connectivity index (χ1v) is 8.44. The highest BCUT2D eigenvalue weighted by Gasteiger charge is 2.52. The number of amides is 1. The Hall–Kier alpha value is -2.05. The monoisotopic (exact) mass is 355 g/mol. The number of alkyl halides is 3. The molecule has 2 N–H and O–H groups in total. The standard InChI is InChI=1S/C18H20F3NO3/c19-18(20,21)13-3-1-2-12(10-13)17(8-9-17)16(25)22-14-6-4-11(5-7-14)15(23)24/h1-3,10-11,14H,4-9H2,(H,22,25)(H,23,24). The van der Waals surface area contributed by atoms with Crippen molar-refractivity contribution in [2.24, 2.45) is 5.92 Å². The van der Waals surface area contributed by atoms with Crippen LogP contribution in [0.2, 0.25) is 0 Å². The number of halogens is 3. The van der Waals surface area contributed by atoms with Crippen molar-refractivity contribution in [3.05, 3.63) is 35.4 Å². The maximum atomic E-state index is 12.9. The lowest BCUT2D eigenvalue weighted by Gasteiger charge is -2.28. The van der Waals surface area contributed by atoms with Crippen LogP contribution in [0.4, 0.5) is 13.2 Å². The van der Waals surface area contributed by atoms with Gasteiger partial charge in [-0.3, -0.25) is 9.59 Å². The number of carbonyl (C=O) groups is 2. The van der Waals surface area contributed by atoms with Crippen LogP contribution in [-0.2, 0) is 21.2 Å². The van der Waals surface area contributed by atoms with Gasteiger partial charge >= 0.3 is 12.1 Å². The molecular weight excluding hydrogens is 335 g/mol. The van der Waals surface area contributed by atoms with Gasteiger partial charge in [-0.25, -0.2) is 0 Å². The van der Waals surface area contributed by atoms with E-state index in [1.54, 1.807) is 6.07 Å². The van der Waals surface area contributed by atoms with E-state index in [9.17, 15) is 22.8 Å². The molecule has 1 amide bonds. The Morgan fingerprint density at radius 1 is 1.12 bits per heavy atom. The van der Waals surface area contributed by atoms with Crippen molar-refractivity contribution in [1.29, 1.82) is 0 Å². The van der Waals surface area contributed by atoms with Gasteiger partial charge in [0.25, 0.3) is 0 Å². The van der Waals surface area contributed by atoms with Gasteiger partial charge in [0, 0.05) is 6.04 Å². The number of carboxylic acid groups (broad SMARTS) is 1.